The van der Waals surface area contributed by atoms with Gasteiger partial charge in [0.15, 0.2) is 0 Å². The van der Waals surface area contributed by atoms with Gasteiger partial charge in [-0.25, -0.2) is 4.98 Å². The minimum Gasteiger partial charge on any atom is -0.496 e. The molecule has 3 aromatic carbocycles. The molecule has 0 aliphatic heterocycles. The van der Waals surface area contributed by atoms with E-state index in [1.807, 2.05) is 0 Å². The van der Waals surface area contributed by atoms with Crippen LogP contribution in [-0.4, -0.2) is 23.0 Å². The number of anilines is 1. The fraction of sp³-hybridized carbons (Fsp3) is 0.0870. The number of methoxy groups -OCH3 is 1. The van der Waals surface area contributed by atoms with Crippen molar-refractivity contribution in [3.63, 3.8) is 0 Å². The van der Waals surface area contributed by atoms with E-state index >= 15 is 0 Å². The number of nitrogens with zero attached hydrogens (tertiary/aromatic N) is 2. The Labute approximate surface area is 180 Å². The van der Waals surface area contributed by atoms with Crippen LogP contribution in [0, 0.1) is 0 Å². The van der Waals surface area contributed by atoms with E-state index in [1.165, 1.54) is 25.3 Å². The maximum Gasteiger partial charge on any atom is 0.451 e. The number of hydrogen-bond acceptors (Lipinski definition) is 5. The summed E-state index contributed by atoms with van der Waals surface area (Å²) in [7, 11) is 1.47. The maximum absolute atomic E-state index is 13.2. The Morgan fingerprint density at radius 3 is 2.31 bits per heavy atom. The SMILES string of the molecule is COc1ccccc1C(=O)Nc1ccc(Oc2nc(C(F)(F)F)nc3ccccc23)cc1. The molecule has 0 aliphatic rings. The molecule has 0 fully saturated rings. The van der Waals surface area contributed by atoms with Gasteiger partial charge in [0.2, 0.25) is 11.7 Å². The molecule has 1 amide bonds. The molecule has 0 unspecified atom stereocenters. The van der Waals surface area contributed by atoms with Gasteiger partial charge in [-0.05, 0) is 48.5 Å². The number of aromatic nitrogens is 2. The first-order valence-electron chi connectivity index (χ1n) is 9.41. The van der Waals surface area contributed by atoms with Crippen molar-refractivity contribution in [3.8, 4) is 17.4 Å². The highest BCUT2D eigenvalue weighted by atomic mass is 19.4. The second-order valence-electron chi connectivity index (χ2n) is 6.65. The fourth-order valence-corrected chi connectivity index (χ4v) is 3.00. The number of carbonyl (C=O) groups is 1. The van der Waals surface area contributed by atoms with Crippen molar-refractivity contribution >= 4 is 22.5 Å². The molecular weight excluding hydrogens is 423 g/mol. The molecular formula is C23H16F3N3O3. The number of hydrogen-bond donors (Lipinski definition) is 1. The van der Waals surface area contributed by atoms with Crippen LogP contribution in [0.4, 0.5) is 18.9 Å². The highest BCUT2D eigenvalue weighted by Crippen LogP contribution is 2.33. The minimum absolute atomic E-state index is 0.116. The lowest BCUT2D eigenvalue weighted by atomic mass is 10.2. The normalized spacial score (nSPS) is 11.2. The van der Waals surface area contributed by atoms with Crippen molar-refractivity contribution in [1.82, 2.24) is 9.97 Å². The second kappa shape index (κ2) is 8.54. The topological polar surface area (TPSA) is 73.3 Å². The standard InChI is InChI=1S/C23H16F3N3O3/c1-31-19-9-5-3-7-17(19)20(30)27-14-10-12-15(13-11-14)32-21-16-6-2-4-8-18(16)28-22(29-21)23(24,25)26/h2-13H,1H3,(H,27,30). The van der Waals surface area contributed by atoms with Gasteiger partial charge in [-0.1, -0.05) is 24.3 Å². The summed E-state index contributed by atoms with van der Waals surface area (Å²) in [5.41, 5.74) is 0.949. The zero-order chi connectivity index (χ0) is 22.7. The minimum atomic E-state index is -4.71. The van der Waals surface area contributed by atoms with E-state index in [0.29, 0.717) is 22.4 Å². The van der Waals surface area contributed by atoms with Gasteiger partial charge in [-0.3, -0.25) is 4.79 Å². The number of rotatable bonds is 5. The molecule has 0 bridgehead atoms. The quantitative estimate of drug-likeness (QED) is 0.432. The Kier molecular flexibility index (Phi) is 5.63. The van der Waals surface area contributed by atoms with Gasteiger partial charge in [0.1, 0.15) is 11.5 Å². The molecule has 0 saturated carbocycles. The number of carbonyl (C=O) groups excluding carboxylic acids is 1. The molecule has 0 radical (unpaired) electrons. The van der Waals surface area contributed by atoms with E-state index in [2.05, 4.69) is 15.3 Å². The summed E-state index contributed by atoms with van der Waals surface area (Å²) < 4.78 is 50.3. The molecule has 9 heteroatoms. The van der Waals surface area contributed by atoms with Gasteiger partial charge in [0.05, 0.1) is 23.6 Å². The highest BCUT2D eigenvalue weighted by molar-refractivity contribution is 6.06. The monoisotopic (exact) mass is 439 g/mol. The summed E-state index contributed by atoms with van der Waals surface area (Å²) >= 11 is 0. The molecule has 1 aromatic heterocycles. The summed E-state index contributed by atoms with van der Waals surface area (Å²) in [4.78, 5) is 19.6. The lowest BCUT2D eigenvalue weighted by Crippen LogP contribution is -2.13. The van der Waals surface area contributed by atoms with Gasteiger partial charge in [-0.2, -0.15) is 18.2 Å². The third kappa shape index (κ3) is 4.46. The molecule has 0 aliphatic carbocycles. The smallest absolute Gasteiger partial charge is 0.451 e. The molecule has 162 valence electrons. The Morgan fingerprint density at radius 2 is 1.59 bits per heavy atom. The van der Waals surface area contributed by atoms with Crippen LogP contribution in [0.25, 0.3) is 10.9 Å². The molecule has 4 rings (SSSR count). The zero-order valence-electron chi connectivity index (χ0n) is 16.7. The number of nitrogens with one attached hydrogen (secondary N) is 1. The van der Waals surface area contributed by atoms with Crippen molar-refractivity contribution in [2.24, 2.45) is 0 Å². The number of ether oxygens (including phenoxy) is 2. The van der Waals surface area contributed by atoms with Gasteiger partial charge >= 0.3 is 6.18 Å². The van der Waals surface area contributed by atoms with E-state index < -0.39 is 12.0 Å². The lowest BCUT2D eigenvalue weighted by Gasteiger charge is -2.12. The van der Waals surface area contributed by atoms with Crippen LogP contribution in [0.3, 0.4) is 0 Å². The van der Waals surface area contributed by atoms with Crippen molar-refractivity contribution in [2.45, 2.75) is 6.18 Å². The number of fused-ring (bicyclic) bond motifs is 1. The number of benzene rings is 3. The van der Waals surface area contributed by atoms with E-state index in [-0.39, 0.29) is 23.1 Å². The van der Waals surface area contributed by atoms with Crippen LogP contribution >= 0.6 is 0 Å². The molecule has 0 spiro atoms. The number of alkyl halides is 3. The molecule has 1 N–H and O–H groups in total. The second-order valence-corrected chi connectivity index (χ2v) is 6.65. The predicted octanol–water partition coefficient (Wildman–Crippen LogP) is 5.70. The number of amides is 1. The molecule has 32 heavy (non-hydrogen) atoms. The first-order chi connectivity index (χ1) is 15.3. The van der Waals surface area contributed by atoms with Crippen LogP contribution < -0.4 is 14.8 Å². The summed E-state index contributed by atoms with van der Waals surface area (Å²) in [6.07, 6.45) is -4.71. The van der Waals surface area contributed by atoms with Gasteiger partial charge < -0.3 is 14.8 Å². The first-order valence-corrected chi connectivity index (χ1v) is 9.41. The van der Waals surface area contributed by atoms with Crippen LogP contribution in [0.1, 0.15) is 16.2 Å². The van der Waals surface area contributed by atoms with Crippen LogP contribution in [0.5, 0.6) is 17.4 Å². The van der Waals surface area contributed by atoms with Gasteiger partial charge in [-0.15, -0.1) is 0 Å². The van der Waals surface area contributed by atoms with Crippen molar-refractivity contribution in [3.05, 3.63) is 84.2 Å². The third-order valence-corrected chi connectivity index (χ3v) is 4.50. The van der Waals surface area contributed by atoms with E-state index in [9.17, 15) is 18.0 Å². The maximum atomic E-state index is 13.2. The summed E-state index contributed by atoms with van der Waals surface area (Å²) in [6.45, 7) is 0. The average Bonchev–Trinajstić information content (AvgIpc) is 2.79. The van der Waals surface area contributed by atoms with Crippen molar-refractivity contribution < 1.29 is 27.4 Å². The summed E-state index contributed by atoms with van der Waals surface area (Å²) in [5, 5.41) is 3.08. The molecule has 0 saturated heterocycles. The number of para-hydroxylation sites is 2. The summed E-state index contributed by atoms with van der Waals surface area (Å²) in [5.74, 6) is -1.19. The Balaban J connectivity index is 1.57. The molecule has 6 nitrogen and oxygen atoms in total. The lowest BCUT2D eigenvalue weighted by molar-refractivity contribution is -0.144. The third-order valence-electron chi connectivity index (χ3n) is 4.50. The summed E-state index contributed by atoms with van der Waals surface area (Å²) in [6, 6.07) is 19.2. The van der Waals surface area contributed by atoms with Gasteiger partial charge in [0, 0.05) is 5.69 Å². The van der Waals surface area contributed by atoms with Gasteiger partial charge in [0.25, 0.3) is 5.91 Å². The highest BCUT2D eigenvalue weighted by Gasteiger charge is 2.35. The molecule has 1 heterocycles. The Morgan fingerprint density at radius 1 is 0.906 bits per heavy atom. The molecule has 0 atom stereocenters. The van der Waals surface area contributed by atoms with Crippen molar-refractivity contribution in [2.75, 3.05) is 12.4 Å². The van der Waals surface area contributed by atoms with E-state index in [4.69, 9.17) is 9.47 Å². The largest absolute Gasteiger partial charge is 0.496 e. The predicted molar refractivity (Wildman–Crippen MR) is 112 cm³/mol. The zero-order valence-corrected chi connectivity index (χ0v) is 16.7. The van der Waals surface area contributed by atoms with E-state index in [0.717, 1.165) is 0 Å². The number of halogens is 3. The fourth-order valence-electron chi connectivity index (χ4n) is 3.00. The van der Waals surface area contributed by atoms with E-state index in [1.54, 1.807) is 54.6 Å². The Hall–Kier alpha value is -4.14. The van der Waals surface area contributed by atoms with Crippen LogP contribution in [0.15, 0.2) is 72.8 Å². The Bertz CT molecular complexity index is 1270. The first kappa shape index (κ1) is 21.1. The average molecular weight is 439 g/mol. The van der Waals surface area contributed by atoms with Crippen LogP contribution in [0.2, 0.25) is 0 Å². The van der Waals surface area contributed by atoms with Crippen molar-refractivity contribution in [1.29, 1.82) is 0 Å². The van der Waals surface area contributed by atoms with Crippen LogP contribution in [-0.2, 0) is 6.18 Å². The molecule has 4 aromatic rings.